The highest BCUT2D eigenvalue weighted by Gasteiger charge is 2.37. The van der Waals surface area contributed by atoms with Crippen LogP contribution in [0.15, 0.2) is 0 Å². The molecule has 0 atom stereocenters. The second-order valence-electron chi connectivity index (χ2n) is 5.74. The van der Waals surface area contributed by atoms with Crippen molar-refractivity contribution in [2.24, 2.45) is 0 Å². The van der Waals surface area contributed by atoms with Gasteiger partial charge in [-0.2, -0.15) is 0 Å². The zero-order valence-electron chi connectivity index (χ0n) is 17.7. The Morgan fingerprint density at radius 2 is 0.893 bits per heavy atom. The van der Waals surface area contributed by atoms with Gasteiger partial charge in [0.05, 0.1) is 0 Å². The van der Waals surface area contributed by atoms with Gasteiger partial charge in [0.25, 0.3) is 0 Å². The first-order valence-electron chi connectivity index (χ1n) is 8.98. The molecule has 8 nitrogen and oxygen atoms in total. The molecule has 0 aromatic rings. The Balaban J connectivity index is 3.91. The van der Waals surface area contributed by atoms with Crippen molar-refractivity contribution in [1.29, 1.82) is 0 Å². The summed E-state index contributed by atoms with van der Waals surface area (Å²) in [6.45, 7) is 0. The second kappa shape index (κ2) is 16.0. The molecule has 0 bridgehead atoms. The second-order valence-corrected chi connectivity index (χ2v) is 14.2. The van der Waals surface area contributed by atoms with E-state index in [9.17, 15) is 9.59 Å². The van der Waals surface area contributed by atoms with Crippen LogP contribution in [0.1, 0.15) is 25.7 Å². The molecule has 0 fully saturated rings. The molecule has 28 heavy (non-hydrogen) atoms. The lowest BCUT2D eigenvalue weighted by atomic mass is 10.4. The largest absolute Gasteiger partial charge is 0.500 e. The van der Waals surface area contributed by atoms with Gasteiger partial charge in [-0.1, -0.05) is 23.5 Å². The molecule has 0 saturated carbocycles. The van der Waals surface area contributed by atoms with Crippen LogP contribution >= 0.6 is 23.5 Å². The number of hydrogen-bond donors (Lipinski definition) is 0. The highest BCUT2D eigenvalue weighted by molar-refractivity contribution is 8.14. The number of thioether (sulfide) groups is 2. The molecule has 0 aliphatic rings. The summed E-state index contributed by atoms with van der Waals surface area (Å²) in [7, 11) is 4.29. The molecule has 0 aromatic heterocycles. The Labute approximate surface area is 179 Å². The van der Waals surface area contributed by atoms with Crippen LogP contribution in [0.3, 0.4) is 0 Å². The fraction of sp³-hybridized carbons (Fsp3) is 0.875. The zero-order chi connectivity index (χ0) is 21.5. The van der Waals surface area contributed by atoms with Crippen molar-refractivity contribution in [1.82, 2.24) is 0 Å². The van der Waals surface area contributed by atoms with Crippen molar-refractivity contribution in [3.63, 3.8) is 0 Å². The molecular weight excluding hydrogens is 440 g/mol. The maximum atomic E-state index is 11.9. The third kappa shape index (κ3) is 10.9. The van der Waals surface area contributed by atoms with Gasteiger partial charge in [0.1, 0.15) is 0 Å². The van der Waals surface area contributed by atoms with E-state index < -0.39 is 17.6 Å². The molecule has 0 N–H and O–H groups in total. The Kier molecular flexibility index (Phi) is 16.1. The fourth-order valence-corrected chi connectivity index (χ4v) is 7.89. The summed E-state index contributed by atoms with van der Waals surface area (Å²) in [5.41, 5.74) is 0. The van der Waals surface area contributed by atoms with Crippen molar-refractivity contribution < 1.29 is 36.1 Å². The van der Waals surface area contributed by atoms with E-state index in [0.717, 1.165) is 12.8 Å². The first kappa shape index (κ1) is 28.2. The normalized spacial score (nSPS) is 12.4. The van der Waals surface area contributed by atoms with Crippen molar-refractivity contribution in [3.05, 3.63) is 0 Å². The Bertz CT molecular complexity index is 392. The Hall–Kier alpha value is 0.234. The molecule has 0 aromatic carbocycles. The predicted molar refractivity (Wildman–Crippen MR) is 117 cm³/mol. The lowest BCUT2D eigenvalue weighted by Gasteiger charge is -2.24. The average Bonchev–Trinajstić information content (AvgIpc) is 2.73. The van der Waals surface area contributed by atoms with Crippen LogP contribution in [0.2, 0.25) is 12.1 Å². The molecular formula is C16H34O8S2Si2. The van der Waals surface area contributed by atoms with E-state index >= 15 is 0 Å². The van der Waals surface area contributed by atoms with Crippen LogP contribution in [0.4, 0.5) is 0 Å². The van der Waals surface area contributed by atoms with Gasteiger partial charge in [-0.05, 0) is 12.8 Å². The molecule has 0 saturated heterocycles. The van der Waals surface area contributed by atoms with E-state index in [1.165, 1.54) is 23.5 Å². The number of rotatable bonds is 17. The van der Waals surface area contributed by atoms with Gasteiger partial charge in [0, 0.05) is 79.1 Å². The molecule has 12 heteroatoms. The van der Waals surface area contributed by atoms with Crippen molar-refractivity contribution in [3.8, 4) is 0 Å². The lowest BCUT2D eigenvalue weighted by molar-refractivity contribution is -0.115. The van der Waals surface area contributed by atoms with Crippen molar-refractivity contribution in [2.75, 3.05) is 54.2 Å². The number of carbonyl (C=O) groups excluding carboxylic acids is 2. The average molecular weight is 475 g/mol. The van der Waals surface area contributed by atoms with Gasteiger partial charge < -0.3 is 26.6 Å². The van der Waals surface area contributed by atoms with Gasteiger partial charge in [0.15, 0.2) is 10.2 Å². The molecule has 0 unspecified atom stereocenters. The summed E-state index contributed by atoms with van der Waals surface area (Å²) >= 11 is 2.48. The molecule has 0 spiro atoms. The van der Waals surface area contributed by atoms with Crippen LogP contribution in [0.5, 0.6) is 0 Å². The van der Waals surface area contributed by atoms with E-state index in [-0.39, 0.29) is 23.1 Å². The minimum absolute atomic E-state index is 0.0260. The Morgan fingerprint density at radius 3 is 1.14 bits per heavy atom. The summed E-state index contributed by atoms with van der Waals surface area (Å²) in [5, 5.41) is 0.0519. The summed E-state index contributed by atoms with van der Waals surface area (Å²) < 4.78 is 32.1. The number of carbonyl (C=O) groups is 2. The van der Waals surface area contributed by atoms with Gasteiger partial charge in [-0.25, -0.2) is 0 Å². The van der Waals surface area contributed by atoms with E-state index in [4.69, 9.17) is 26.6 Å². The monoisotopic (exact) mass is 474 g/mol. The third-order valence-electron chi connectivity index (χ3n) is 4.18. The van der Waals surface area contributed by atoms with Gasteiger partial charge in [-0.15, -0.1) is 0 Å². The first-order valence-corrected chi connectivity index (χ1v) is 14.8. The van der Waals surface area contributed by atoms with Crippen LogP contribution in [0.25, 0.3) is 0 Å². The third-order valence-corrected chi connectivity index (χ3v) is 11.9. The van der Waals surface area contributed by atoms with E-state index in [2.05, 4.69) is 0 Å². The highest BCUT2D eigenvalue weighted by atomic mass is 32.2. The summed E-state index contributed by atoms with van der Waals surface area (Å²) in [4.78, 5) is 23.9. The molecule has 0 rings (SSSR count). The molecule has 166 valence electrons. The summed E-state index contributed by atoms with van der Waals surface area (Å²) in [5.74, 6) is 1.31. The molecule has 0 aliphatic carbocycles. The van der Waals surface area contributed by atoms with Crippen molar-refractivity contribution >= 4 is 51.4 Å². The minimum Gasteiger partial charge on any atom is -0.377 e. The highest BCUT2D eigenvalue weighted by Crippen LogP contribution is 2.21. The van der Waals surface area contributed by atoms with E-state index in [0.29, 0.717) is 23.6 Å². The van der Waals surface area contributed by atoms with E-state index in [1.807, 2.05) is 0 Å². The van der Waals surface area contributed by atoms with Crippen LogP contribution < -0.4 is 0 Å². The smallest absolute Gasteiger partial charge is 0.377 e. The topological polar surface area (TPSA) is 89.5 Å². The molecule has 0 heterocycles. The Morgan fingerprint density at radius 1 is 0.607 bits per heavy atom. The quantitative estimate of drug-likeness (QED) is 0.231. The maximum absolute atomic E-state index is 11.9. The van der Waals surface area contributed by atoms with Gasteiger partial charge in [-0.3, -0.25) is 9.59 Å². The van der Waals surface area contributed by atoms with Crippen LogP contribution in [0, 0.1) is 0 Å². The zero-order valence-corrected chi connectivity index (χ0v) is 21.4. The molecule has 0 aliphatic heterocycles. The predicted octanol–water partition coefficient (Wildman–Crippen LogP) is 2.82. The van der Waals surface area contributed by atoms with Gasteiger partial charge in [0.2, 0.25) is 0 Å². The maximum Gasteiger partial charge on any atom is 0.500 e. The molecule has 0 amide bonds. The lowest BCUT2D eigenvalue weighted by Crippen LogP contribution is -2.42. The SMILES string of the molecule is CO[Si](CCCSC(=O)CCC(=O)SCCC[Si](OC)(OC)OC)(OC)OC. The number of hydrogen-bond acceptors (Lipinski definition) is 10. The van der Waals surface area contributed by atoms with Crippen molar-refractivity contribution in [2.45, 2.75) is 37.8 Å². The van der Waals surface area contributed by atoms with E-state index in [1.54, 1.807) is 42.7 Å². The first-order chi connectivity index (χ1) is 13.4. The fourth-order valence-electron chi connectivity index (χ4n) is 2.41. The van der Waals surface area contributed by atoms with Crippen LogP contribution in [-0.4, -0.2) is 82.0 Å². The minimum atomic E-state index is -2.57. The molecule has 0 radical (unpaired) electrons. The standard InChI is InChI=1S/C16H34O8S2Si2/c1-19-27(20-2,21-3)13-7-11-25-15(17)9-10-16(18)26-12-8-14-28(22-4,23-5)24-6/h7-14H2,1-6H3. The summed E-state index contributed by atoms with van der Waals surface area (Å²) in [6, 6.07) is 1.31. The van der Waals surface area contributed by atoms with Gasteiger partial charge >= 0.3 is 17.6 Å². The van der Waals surface area contributed by atoms with Crippen LogP contribution in [-0.2, 0) is 36.1 Å². The summed E-state index contributed by atoms with van der Waals surface area (Å²) in [6.07, 6.45) is 2.02.